The fourth-order valence-corrected chi connectivity index (χ4v) is 3.95. The number of carbonyl (C=O) groups excluding carboxylic acids is 2. The summed E-state index contributed by atoms with van der Waals surface area (Å²) in [5.74, 6) is -0.0531. The molecule has 29 heavy (non-hydrogen) atoms. The van der Waals surface area contributed by atoms with Crippen LogP contribution in [0.3, 0.4) is 0 Å². The Hall–Kier alpha value is -2.63. The largest absolute Gasteiger partial charge is 0.356 e. The first-order valence-electron chi connectivity index (χ1n) is 10.8. The number of nitrogens with one attached hydrogen (secondary N) is 1. The van der Waals surface area contributed by atoms with Gasteiger partial charge >= 0.3 is 0 Å². The van der Waals surface area contributed by atoms with Gasteiger partial charge in [-0.2, -0.15) is 5.10 Å². The Morgan fingerprint density at radius 2 is 2.00 bits per heavy atom. The molecule has 0 aliphatic carbocycles. The number of piperidine rings is 1. The zero-order valence-corrected chi connectivity index (χ0v) is 17.3. The van der Waals surface area contributed by atoms with E-state index in [2.05, 4.69) is 17.3 Å². The minimum atomic E-state index is -0.498. The van der Waals surface area contributed by atoms with Crippen LogP contribution in [0.5, 0.6) is 0 Å². The highest BCUT2D eigenvalue weighted by molar-refractivity contribution is 5.85. The van der Waals surface area contributed by atoms with Crippen molar-refractivity contribution in [1.29, 1.82) is 0 Å². The molecule has 1 aromatic carbocycles. The molecule has 1 aliphatic rings. The summed E-state index contributed by atoms with van der Waals surface area (Å²) in [6.07, 6.45) is 9.75. The van der Waals surface area contributed by atoms with Crippen LogP contribution in [0.4, 0.5) is 0 Å². The maximum absolute atomic E-state index is 13.4. The van der Waals surface area contributed by atoms with Gasteiger partial charge in [0.05, 0.1) is 5.92 Å². The summed E-state index contributed by atoms with van der Waals surface area (Å²) in [6, 6.07) is 11.0. The molecular formula is C23H32N4O2. The Morgan fingerprint density at radius 3 is 2.72 bits per heavy atom. The Morgan fingerprint density at radius 1 is 1.17 bits per heavy atom. The van der Waals surface area contributed by atoms with Crippen molar-refractivity contribution in [3.05, 3.63) is 54.4 Å². The van der Waals surface area contributed by atoms with Gasteiger partial charge in [0, 0.05) is 32.0 Å². The number of benzene rings is 1. The monoisotopic (exact) mass is 396 g/mol. The van der Waals surface area contributed by atoms with E-state index in [9.17, 15) is 9.59 Å². The van der Waals surface area contributed by atoms with Gasteiger partial charge < -0.3 is 10.2 Å². The van der Waals surface area contributed by atoms with E-state index in [4.69, 9.17) is 0 Å². The molecule has 2 unspecified atom stereocenters. The molecule has 2 aromatic rings. The summed E-state index contributed by atoms with van der Waals surface area (Å²) in [6.45, 7) is 4.06. The molecule has 1 saturated heterocycles. The maximum Gasteiger partial charge on any atom is 0.252 e. The SMILES string of the molecule is CCCCCCNC(=O)C1CCCN(C(=O)C(c2ccccc2)n2cccn2)C1. The average molecular weight is 397 g/mol. The van der Waals surface area contributed by atoms with Gasteiger partial charge in [0.1, 0.15) is 0 Å². The van der Waals surface area contributed by atoms with Crippen molar-refractivity contribution in [2.75, 3.05) is 19.6 Å². The lowest BCUT2D eigenvalue weighted by Gasteiger charge is -2.34. The first kappa shape index (κ1) is 21.1. The fourth-order valence-electron chi connectivity index (χ4n) is 3.95. The first-order chi connectivity index (χ1) is 14.2. The highest BCUT2D eigenvalue weighted by Crippen LogP contribution is 2.24. The van der Waals surface area contributed by atoms with Crippen LogP contribution in [0, 0.1) is 5.92 Å². The highest BCUT2D eigenvalue weighted by Gasteiger charge is 2.33. The summed E-state index contributed by atoms with van der Waals surface area (Å²) in [5, 5.41) is 7.38. The van der Waals surface area contributed by atoms with E-state index < -0.39 is 6.04 Å². The molecule has 2 heterocycles. The van der Waals surface area contributed by atoms with Crippen molar-refractivity contribution < 1.29 is 9.59 Å². The smallest absolute Gasteiger partial charge is 0.252 e. The molecule has 1 aromatic heterocycles. The average Bonchev–Trinajstić information content (AvgIpc) is 3.29. The number of unbranched alkanes of at least 4 members (excludes halogenated alkanes) is 3. The predicted molar refractivity (Wildman–Crippen MR) is 113 cm³/mol. The number of rotatable bonds is 9. The van der Waals surface area contributed by atoms with Crippen LogP contribution < -0.4 is 5.32 Å². The van der Waals surface area contributed by atoms with Gasteiger partial charge in [-0.1, -0.05) is 56.5 Å². The number of likely N-dealkylation sites (tertiary alicyclic amines) is 1. The fraction of sp³-hybridized carbons (Fsp3) is 0.522. The topological polar surface area (TPSA) is 67.2 Å². The molecular weight excluding hydrogens is 364 g/mol. The van der Waals surface area contributed by atoms with Crippen molar-refractivity contribution in [3.8, 4) is 0 Å². The van der Waals surface area contributed by atoms with Crippen molar-refractivity contribution in [1.82, 2.24) is 20.0 Å². The van der Waals surface area contributed by atoms with Crippen LogP contribution >= 0.6 is 0 Å². The van der Waals surface area contributed by atoms with Crippen LogP contribution in [-0.2, 0) is 9.59 Å². The zero-order chi connectivity index (χ0) is 20.5. The van der Waals surface area contributed by atoms with Gasteiger partial charge in [0.15, 0.2) is 6.04 Å². The lowest BCUT2D eigenvalue weighted by molar-refractivity contribution is -0.137. The van der Waals surface area contributed by atoms with Crippen LogP contribution in [0.25, 0.3) is 0 Å². The van der Waals surface area contributed by atoms with E-state index in [1.807, 2.05) is 47.5 Å². The second kappa shape index (κ2) is 10.8. The third kappa shape index (κ3) is 5.68. The van der Waals surface area contributed by atoms with E-state index in [0.29, 0.717) is 13.1 Å². The summed E-state index contributed by atoms with van der Waals surface area (Å²) in [4.78, 5) is 27.9. The van der Waals surface area contributed by atoms with E-state index >= 15 is 0 Å². The first-order valence-corrected chi connectivity index (χ1v) is 10.8. The van der Waals surface area contributed by atoms with Gasteiger partial charge in [0.2, 0.25) is 5.91 Å². The molecule has 6 heteroatoms. The zero-order valence-electron chi connectivity index (χ0n) is 17.3. The minimum absolute atomic E-state index is 0.000320. The molecule has 0 spiro atoms. The van der Waals surface area contributed by atoms with Crippen LogP contribution in [-0.4, -0.2) is 46.1 Å². The molecule has 2 atom stereocenters. The van der Waals surface area contributed by atoms with Crippen molar-refractivity contribution >= 4 is 11.8 Å². The van der Waals surface area contributed by atoms with Gasteiger partial charge in [-0.05, 0) is 30.9 Å². The number of hydrogen-bond acceptors (Lipinski definition) is 3. The number of hydrogen-bond donors (Lipinski definition) is 1. The summed E-state index contributed by atoms with van der Waals surface area (Å²) in [7, 11) is 0. The van der Waals surface area contributed by atoms with Crippen molar-refractivity contribution in [3.63, 3.8) is 0 Å². The second-order valence-corrected chi connectivity index (χ2v) is 7.77. The highest BCUT2D eigenvalue weighted by atomic mass is 16.2. The predicted octanol–water partition coefficient (Wildman–Crippen LogP) is 3.41. The number of carbonyl (C=O) groups is 2. The summed E-state index contributed by atoms with van der Waals surface area (Å²) >= 11 is 0. The Labute approximate surface area is 173 Å². The Kier molecular flexibility index (Phi) is 7.85. The van der Waals surface area contributed by atoms with Gasteiger partial charge in [0.25, 0.3) is 5.91 Å². The molecule has 0 bridgehead atoms. The molecule has 0 radical (unpaired) electrons. The third-order valence-electron chi connectivity index (χ3n) is 5.57. The van der Waals surface area contributed by atoms with E-state index in [0.717, 1.165) is 37.8 Å². The van der Waals surface area contributed by atoms with Crippen LogP contribution in [0.1, 0.15) is 57.1 Å². The number of aromatic nitrogens is 2. The quantitative estimate of drug-likeness (QED) is 0.661. The molecule has 1 N–H and O–H groups in total. The van der Waals surface area contributed by atoms with Gasteiger partial charge in [-0.25, -0.2) is 0 Å². The Balaban J connectivity index is 1.64. The molecule has 1 fully saturated rings. The molecule has 0 saturated carbocycles. The number of nitrogens with zero attached hydrogens (tertiary/aromatic N) is 3. The molecule has 156 valence electrons. The van der Waals surface area contributed by atoms with Crippen molar-refractivity contribution in [2.24, 2.45) is 5.92 Å². The Bertz CT molecular complexity index is 760. The summed E-state index contributed by atoms with van der Waals surface area (Å²) in [5.41, 5.74) is 0.906. The standard InChI is InChI=1S/C23H32N4O2/c1-2-3-4-8-14-24-22(28)20-13-9-16-26(18-20)23(29)21(27-17-10-15-25-27)19-11-6-5-7-12-19/h5-7,10-12,15,17,20-21H,2-4,8-9,13-14,16,18H2,1H3,(H,24,28). The van der Waals surface area contributed by atoms with Crippen molar-refractivity contribution in [2.45, 2.75) is 51.5 Å². The number of amides is 2. The lowest BCUT2D eigenvalue weighted by atomic mass is 9.95. The molecule has 1 aliphatic heterocycles. The lowest BCUT2D eigenvalue weighted by Crippen LogP contribution is -2.48. The normalized spacial score (nSPS) is 17.7. The van der Waals surface area contributed by atoms with Crippen LogP contribution in [0.2, 0.25) is 0 Å². The third-order valence-corrected chi connectivity index (χ3v) is 5.57. The van der Waals surface area contributed by atoms with E-state index in [1.54, 1.807) is 10.9 Å². The van der Waals surface area contributed by atoms with E-state index in [1.165, 1.54) is 12.8 Å². The molecule has 6 nitrogen and oxygen atoms in total. The van der Waals surface area contributed by atoms with Gasteiger partial charge in [-0.15, -0.1) is 0 Å². The van der Waals surface area contributed by atoms with Gasteiger partial charge in [-0.3, -0.25) is 14.3 Å². The molecule has 2 amide bonds. The minimum Gasteiger partial charge on any atom is -0.356 e. The maximum atomic E-state index is 13.4. The van der Waals surface area contributed by atoms with Crippen LogP contribution in [0.15, 0.2) is 48.8 Å². The molecule has 3 rings (SSSR count). The summed E-state index contributed by atoms with van der Waals surface area (Å²) < 4.78 is 1.70. The van der Waals surface area contributed by atoms with E-state index in [-0.39, 0.29) is 17.7 Å². The second-order valence-electron chi connectivity index (χ2n) is 7.77.